The lowest BCUT2D eigenvalue weighted by atomic mass is 9.89. The number of nitrogens with two attached hydrogens (primary N) is 1. The van der Waals surface area contributed by atoms with E-state index >= 15 is 0 Å². The number of phenols is 1. The lowest BCUT2D eigenvalue weighted by Crippen LogP contribution is -2.61. The highest BCUT2D eigenvalue weighted by Gasteiger charge is 2.51. The molecule has 0 unspecified atom stereocenters. The predicted molar refractivity (Wildman–Crippen MR) is 126 cm³/mol. The zero-order valence-electron chi connectivity index (χ0n) is 19.3. The molecule has 3 N–H and O–H groups in total. The fraction of sp³-hybridized carbons (Fsp3) is 0.240. The second-order valence-electron chi connectivity index (χ2n) is 7.55. The summed E-state index contributed by atoms with van der Waals surface area (Å²) in [6.45, 7) is 0. The van der Waals surface area contributed by atoms with Crippen LogP contribution in [0.4, 0.5) is 11.4 Å². The average Bonchev–Trinajstić information content (AvgIpc) is 2.85. The van der Waals surface area contributed by atoms with E-state index in [1.54, 1.807) is 35.2 Å². The number of aromatic hydroxyl groups is 1. The number of carbonyl (C=O) groups excluding carboxylic acids is 1. The second-order valence-corrected chi connectivity index (χ2v) is 7.55. The molecule has 3 aromatic rings. The molecule has 0 radical (unpaired) electrons. The summed E-state index contributed by atoms with van der Waals surface area (Å²) in [5.41, 5.74) is 7.43. The summed E-state index contributed by atoms with van der Waals surface area (Å²) in [5, 5.41) is 10.5. The van der Waals surface area contributed by atoms with Crippen LogP contribution in [-0.2, 0) is 4.79 Å². The Kier molecular flexibility index (Phi) is 6.27. The van der Waals surface area contributed by atoms with Gasteiger partial charge in [0, 0.05) is 12.1 Å². The zero-order valence-corrected chi connectivity index (χ0v) is 19.3. The molecule has 1 aliphatic rings. The van der Waals surface area contributed by atoms with Gasteiger partial charge in [0.25, 0.3) is 5.91 Å². The van der Waals surface area contributed by atoms with Crippen LogP contribution in [0.3, 0.4) is 0 Å². The first-order valence-corrected chi connectivity index (χ1v) is 10.4. The van der Waals surface area contributed by atoms with Crippen LogP contribution in [0.15, 0.2) is 54.6 Å². The Hall–Kier alpha value is -4.27. The lowest BCUT2D eigenvalue weighted by molar-refractivity contribution is -0.135. The van der Waals surface area contributed by atoms with Crippen LogP contribution in [0, 0.1) is 0 Å². The van der Waals surface area contributed by atoms with Gasteiger partial charge in [-0.15, -0.1) is 0 Å². The van der Waals surface area contributed by atoms with Crippen LogP contribution in [0.5, 0.6) is 34.5 Å². The summed E-state index contributed by atoms with van der Waals surface area (Å²) in [5.74, 6) is 1.48. The number of hydrogen-bond acceptors (Lipinski definition) is 8. The summed E-state index contributed by atoms with van der Waals surface area (Å²) in [7, 11) is 5.92. The van der Waals surface area contributed by atoms with E-state index in [4.69, 9.17) is 29.4 Å². The second kappa shape index (κ2) is 9.30. The van der Waals surface area contributed by atoms with Gasteiger partial charge in [-0.05, 0) is 29.8 Å². The van der Waals surface area contributed by atoms with Gasteiger partial charge in [-0.2, -0.15) is 0 Å². The van der Waals surface area contributed by atoms with Gasteiger partial charge >= 0.3 is 0 Å². The minimum absolute atomic E-state index is 0.139. The maximum atomic E-state index is 13.4. The number of para-hydroxylation sites is 1. The molecule has 1 saturated heterocycles. The molecule has 34 heavy (non-hydrogen) atoms. The van der Waals surface area contributed by atoms with Crippen molar-refractivity contribution in [1.82, 2.24) is 0 Å². The van der Waals surface area contributed by atoms with E-state index in [-0.39, 0.29) is 23.1 Å². The SMILES string of the molecule is COc1cc(N2C(=O)[C@@H](Oc3ccccc3)[C@H]2c2cc(N)c(OC)c(O)c2)cc(OC)c1OC. The van der Waals surface area contributed by atoms with Crippen LogP contribution in [0.2, 0.25) is 0 Å². The number of ether oxygens (including phenoxy) is 5. The van der Waals surface area contributed by atoms with E-state index in [1.165, 1.54) is 34.5 Å². The highest BCUT2D eigenvalue weighted by Crippen LogP contribution is 2.48. The minimum atomic E-state index is -0.853. The van der Waals surface area contributed by atoms with E-state index in [2.05, 4.69) is 0 Å². The van der Waals surface area contributed by atoms with Crippen LogP contribution in [0.25, 0.3) is 0 Å². The summed E-state index contributed by atoms with van der Waals surface area (Å²) >= 11 is 0. The first kappa shape index (κ1) is 22.9. The number of nitrogen functional groups attached to an aromatic ring is 1. The Labute approximate surface area is 197 Å². The van der Waals surface area contributed by atoms with Crippen molar-refractivity contribution in [2.45, 2.75) is 12.1 Å². The van der Waals surface area contributed by atoms with Crippen LogP contribution in [0.1, 0.15) is 11.6 Å². The van der Waals surface area contributed by atoms with Crippen molar-refractivity contribution in [3.8, 4) is 34.5 Å². The van der Waals surface area contributed by atoms with E-state index in [0.717, 1.165) is 0 Å². The number of rotatable bonds is 8. The molecule has 1 fully saturated rings. The molecule has 178 valence electrons. The van der Waals surface area contributed by atoms with E-state index in [1.807, 2.05) is 18.2 Å². The van der Waals surface area contributed by atoms with Gasteiger partial charge < -0.3 is 34.5 Å². The molecule has 9 heteroatoms. The maximum Gasteiger partial charge on any atom is 0.271 e. The summed E-state index contributed by atoms with van der Waals surface area (Å²) < 4.78 is 27.5. The first-order chi connectivity index (χ1) is 16.4. The molecule has 0 bridgehead atoms. The van der Waals surface area contributed by atoms with Gasteiger partial charge in [-0.3, -0.25) is 9.69 Å². The van der Waals surface area contributed by atoms with E-state index in [9.17, 15) is 9.90 Å². The third kappa shape index (κ3) is 3.85. The molecule has 0 aromatic heterocycles. The predicted octanol–water partition coefficient (Wildman–Crippen LogP) is 3.54. The van der Waals surface area contributed by atoms with Crippen molar-refractivity contribution < 1.29 is 33.6 Å². The highest BCUT2D eigenvalue weighted by atomic mass is 16.5. The molecule has 3 aromatic carbocycles. The van der Waals surface area contributed by atoms with Crippen molar-refractivity contribution in [1.29, 1.82) is 0 Å². The Morgan fingerprint density at radius 1 is 0.853 bits per heavy atom. The average molecular weight is 466 g/mol. The number of β-lactam (4-membered cyclic amide) rings is 1. The topological polar surface area (TPSA) is 113 Å². The number of hydrogen-bond donors (Lipinski definition) is 2. The van der Waals surface area contributed by atoms with Gasteiger partial charge in [0.1, 0.15) is 11.8 Å². The molecule has 0 aliphatic carbocycles. The Morgan fingerprint density at radius 2 is 1.47 bits per heavy atom. The van der Waals surface area contributed by atoms with Gasteiger partial charge in [0.2, 0.25) is 11.9 Å². The van der Waals surface area contributed by atoms with Crippen molar-refractivity contribution in [2.24, 2.45) is 0 Å². The number of benzene rings is 3. The molecule has 4 rings (SSSR count). The quantitative estimate of drug-likeness (QED) is 0.383. The van der Waals surface area contributed by atoms with Crippen LogP contribution < -0.4 is 34.3 Å². The number of methoxy groups -OCH3 is 4. The molecule has 9 nitrogen and oxygen atoms in total. The van der Waals surface area contributed by atoms with Crippen molar-refractivity contribution in [3.63, 3.8) is 0 Å². The molecule has 0 spiro atoms. The number of amides is 1. The number of anilines is 2. The highest BCUT2D eigenvalue weighted by molar-refractivity contribution is 6.06. The largest absolute Gasteiger partial charge is 0.504 e. The van der Waals surface area contributed by atoms with Gasteiger partial charge in [0.05, 0.1) is 39.8 Å². The third-order valence-corrected chi connectivity index (χ3v) is 5.65. The summed E-state index contributed by atoms with van der Waals surface area (Å²) in [6, 6.07) is 15.0. The van der Waals surface area contributed by atoms with Crippen LogP contribution in [-0.4, -0.2) is 45.6 Å². The fourth-order valence-electron chi connectivity index (χ4n) is 4.09. The van der Waals surface area contributed by atoms with Gasteiger partial charge in [-0.1, -0.05) is 18.2 Å². The standard InChI is InChI=1S/C25H26N2O7/c1-30-19-12-15(13-20(31-2)23(19)33-4)27-21(14-10-17(26)22(32-3)18(28)11-14)24(25(27)29)34-16-8-6-5-7-9-16/h5-13,21,24,28H,26H2,1-4H3/t21-,24+/m1/s1. The Balaban J connectivity index is 1.81. The molecule has 1 amide bonds. The Bertz CT molecular complexity index is 1150. The summed E-state index contributed by atoms with van der Waals surface area (Å²) in [6.07, 6.45) is -0.853. The molecule has 2 atom stereocenters. The monoisotopic (exact) mass is 466 g/mol. The van der Waals surface area contributed by atoms with Gasteiger partial charge in [-0.25, -0.2) is 0 Å². The lowest BCUT2D eigenvalue weighted by Gasteiger charge is -2.46. The molecule has 0 saturated carbocycles. The Morgan fingerprint density at radius 3 is 2.00 bits per heavy atom. The maximum absolute atomic E-state index is 13.4. The normalized spacial score (nSPS) is 17.1. The molecular formula is C25H26N2O7. The van der Waals surface area contributed by atoms with Crippen molar-refractivity contribution >= 4 is 17.3 Å². The van der Waals surface area contributed by atoms with E-state index < -0.39 is 12.1 Å². The smallest absolute Gasteiger partial charge is 0.271 e. The van der Waals surface area contributed by atoms with Crippen LogP contribution >= 0.6 is 0 Å². The third-order valence-electron chi connectivity index (χ3n) is 5.65. The van der Waals surface area contributed by atoms with Gasteiger partial charge in [0.15, 0.2) is 23.0 Å². The number of phenolic OH excluding ortho intramolecular Hbond substituents is 1. The van der Waals surface area contributed by atoms with Crippen molar-refractivity contribution in [2.75, 3.05) is 39.1 Å². The fourth-order valence-corrected chi connectivity index (χ4v) is 4.09. The minimum Gasteiger partial charge on any atom is -0.504 e. The number of carbonyl (C=O) groups is 1. The molecular weight excluding hydrogens is 440 g/mol. The molecule has 1 aliphatic heterocycles. The summed E-state index contributed by atoms with van der Waals surface area (Å²) in [4.78, 5) is 14.9. The molecule has 1 heterocycles. The first-order valence-electron chi connectivity index (χ1n) is 10.4. The zero-order chi connectivity index (χ0) is 24.4. The van der Waals surface area contributed by atoms with E-state index in [0.29, 0.717) is 34.2 Å². The number of nitrogens with zero attached hydrogens (tertiary/aromatic N) is 1. The van der Waals surface area contributed by atoms with Crippen molar-refractivity contribution in [3.05, 3.63) is 60.2 Å².